The van der Waals surface area contributed by atoms with Gasteiger partial charge in [0, 0.05) is 91.4 Å². The highest BCUT2D eigenvalue weighted by Crippen LogP contribution is 2.42. The van der Waals surface area contributed by atoms with Crippen LogP contribution in [-0.2, 0) is 27.4 Å². The molecular weight excluding hydrogens is 753 g/mol. The molecule has 0 spiro atoms. The summed E-state index contributed by atoms with van der Waals surface area (Å²) in [6, 6.07) is 17.6. The van der Waals surface area contributed by atoms with Crippen molar-refractivity contribution in [3.63, 3.8) is 0 Å². The molecule has 2 aliphatic heterocycles. The SMILES string of the molecule is COc1cc(-c2nccc(-c3cccc(-c4ccc(CNC5CCOCC5)c(OC)n4)c3Cl)c2Cl)ccc1CN(C(=O)OC(C)(C)C)C1CCN(C(C)=O)CC1. The number of pyridine rings is 2. The predicted molar refractivity (Wildman–Crippen MR) is 219 cm³/mol. The van der Waals surface area contributed by atoms with Crippen LogP contribution in [0.5, 0.6) is 11.6 Å². The van der Waals surface area contributed by atoms with Crippen LogP contribution in [0.3, 0.4) is 0 Å². The Labute approximate surface area is 339 Å². The highest BCUT2D eigenvalue weighted by Gasteiger charge is 2.32. The topological polar surface area (TPSA) is 115 Å². The summed E-state index contributed by atoms with van der Waals surface area (Å²) in [4.78, 5) is 38.7. The third kappa shape index (κ3) is 9.74. The van der Waals surface area contributed by atoms with Crippen molar-refractivity contribution in [3.8, 4) is 45.3 Å². The van der Waals surface area contributed by atoms with Gasteiger partial charge in [0.15, 0.2) is 0 Å². The first-order valence-corrected chi connectivity index (χ1v) is 19.8. The van der Waals surface area contributed by atoms with Crippen LogP contribution in [0.1, 0.15) is 64.5 Å². The molecule has 298 valence electrons. The van der Waals surface area contributed by atoms with E-state index in [1.54, 1.807) is 32.2 Å². The van der Waals surface area contributed by atoms with Crippen molar-refractivity contribution in [2.45, 2.75) is 84.2 Å². The molecule has 2 aromatic heterocycles. The number of amides is 2. The molecule has 6 rings (SSSR count). The minimum absolute atomic E-state index is 0.0354. The molecule has 2 amide bonds. The Hall–Kier alpha value is -4.42. The zero-order valence-electron chi connectivity index (χ0n) is 33.0. The van der Waals surface area contributed by atoms with Gasteiger partial charge in [-0.3, -0.25) is 9.78 Å². The van der Waals surface area contributed by atoms with Crippen molar-refractivity contribution < 1.29 is 28.5 Å². The zero-order valence-corrected chi connectivity index (χ0v) is 34.5. The number of ether oxygens (including phenoxy) is 4. The Morgan fingerprint density at radius 1 is 0.911 bits per heavy atom. The molecule has 13 heteroatoms. The molecule has 0 saturated carbocycles. The van der Waals surface area contributed by atoms with Crippen LogP contribution in [0.2, 0.25) is 10.0 Å². The minimum atomic E-state index is -0.671. The molecule has 0 bridgehead atoms. The minimum Gasteiger partial charge on any atom is -0.496 e. The summed E-state index contributed by atoms with van der Waals surface area (Å²) < 4.78 is 22.9. The molecule has 2 aromatic carbocycles. The fourth-order valence-electron chi connectivity index (χ4n) is 7.24. The van der Waals surface area contributed by atoms with E-state index >= 15 is 0 Å². The number of halogens is 2. The third-order valence-electron chi connectivity index (χ3n) is 10.3. The van der Waals surface area contributed by atoms with E-state index < -0.39 is 11.7 Å². The summed E-state index contributed by atoms with van der Waals surface area (Å²) in [5.74, 6) is 1.15. The second-order valence-electron chi connectivity index (χ2n) is 15.2. The van der Waals surface area contributed by atoms with Gasteiger partial charge in [0.2, 0.25) is 11.8 Å². The predicted octanol–water partition coefficient (Wildman–Crippen LogP) is 8.82. The molecule has 2 saturated heterocycles. The number of hydrogen-bond acceptors (Lipinski definition) is 9. The van der Waals surface area contributed by atoms with Crippen LogP contribution in [0.4, 0.5) is 4.79 Å². The molecule has 0 radical (unpaired) electrons. The average molecular weight is 805 g/mol. The van der Waals surface area contributed by atoms with Gasteiger partial charge in [-0.2, -0.15) is 0 Å². The number of nitrogens with one attached hydrogen (secondary N) is 1. The van der Waals surface area contributed by atoms with Crippen LogP contribution in [0, 0.1) is 0 Å². The lowest BCUT2D eigenvalue weighted by Gasteiger charge is -2.39. The second-order valence-corrected chi connectivity index (χ2v) is 15.9. The van der Waals surface area contributed by atoms with E-state index in [0.29, 0.717) is 77.1 Å². The van der Waals surface area contributed by atoms with Gasteiger partial charge < -0.3 is 34.1 Å². The molecule has 56 heavy (non-hydrogen) atoms. The summed E-state index contributed by atoms with van der Waals surface area (Å²) in [6.07, 6.45) is 4.56. The number of hydrogen-bond donors (Lipinski definition) is 1. The third-order valence-corrected chi connectivity index (χ3v) is 11.1. The Kier molecular flexibility index (Phi) is 13.4. The lowest BCUT2D eigenvalue weighted by atomic mass is 9.98. The lowest BCUT2D eigenvalue weighted by Crippen LogP contribution is -2.49. The molecule has 0 unspecified atom stereocenters. The Bertz CT molecular complexity index is 2020. The van der Waals surface area contributed by atoms with Gasteiger partial charge in [-0.05, 0) is 64.7 Å². The van der Waals surface area contributed by atoms with Gasteiger partial charge in [0.1, 0.15) is 11.4 Å². The average Bonchev–Trinajstić information content (AvgIpc) is 3.19. The van der Waals surface area contributed by atoms with Crippen LogP contribution in [0.25, 0.3) is 33.6 Å². The Morgan fingerprint density at radius 3 is 2.29 bits per heavy atom. The number of carbonyl (C=O) groups excluding carboxylic acids is 2. The zero-order chi connectivity index (χ0) is 40.0. The number of methoxy groups -OCH3 is 2. The second kappa shape index (κ2) is 18.2. The fraction of sp³-hybridized carbons (Fsp3) is 0.442. The van der Waals surface area contributed by atoms with Crippen LogP contribution in [0.15, 0.2) is 60.8 Å². The van der Waals surface area contributed by atoms with E-state index in [1.165, 1.54) is 0 Å². The van der Waals surface area contributed by atoms with E-state index in [4.69, 9.17) is 47.1 Å². The Balaban J connectivity index is 1.26. The normalized spacial score (nSPS) is 15.4. The lowest BCUT2D eigenvalue weighted by molar-refractivity contribution is -0.130. The number of carbonyl (C=O) groups is 2. The number of piperidine rings is 1. The van der Waals surface area contributed by atoms with Gasteiger partial charge in [0.05, 0.1) is 42.2 Å². The molecular formula is C43H51Cl2N5O6. The van der Waals surface area contributed by atoms with E-state index in [9.17, 15) is 9.59 Å². The summed E-state index contributed by atoms with van der Waals surface area (Å²) in [6.45, 7) is 10.7. The van der Waals surface area contributed by atoms with Crippen molar-refractivity contribution >= 4 is 35.2 Å². The maximum absolute atomic E-state index is 13.6. The maximum atomic E-state index is 13.6. The quantitative estimate of drug-likeness (QED) is 0.159. The van der Waals surface area contributed by atoms with Crippen molar-refractivity contribution in [2.75, 3.05) is 40.5 Å². The molecule has 0 atom stereocenters. The van der Waals surface area contributed by atoms with Crippen LogP contribution < -0.4 is 14.8 Å². The molecule has 11 nitrogen and oxygen atoms in total. The van der Waals surface area contributed by atoms with Crippen LogP contribution in [-0.4, -0.2) is 90.0 Å². The van der Waals surface area contributed by atoms with Gasteiger partial charge in [-0.25, -0.2) is 9.78 Å². The first-order valence-electron chi connectivity index (χ1n) is 19.1. The number of benzene rings is 2. The van der Waals surface area contributed by atoms with Gasteiger partial charge in [-0.15, -0.1) is 0 Å². The molecule has 1 N–H and O–H groups in total. The number of aromatic nitrogens is 2. The molecule has 4 heterocycles. The fourth-order valence-corrected chi connectivity index (χ4v) is 7.89. The maximum Gasteiger partial charge on any atom is 0.410 e. The van der Waals surface area contributed by atoms with Gasteiger partial charge >= 0.3 is 6.09 Å². The largest absolute Gasteiger partial charge is 0.496 e. The first kappa shape index (κ1) is 41.2. The highest BCUT2D eigenvalue weighted by molar-refractivity contribution is 6.39. The summed E-state index contributed by atoms with van der Waals surface area (Å²) in [7, 11) is 3.22. The summed E-state index contributed by atoms with van der Waals surface area (Å²) >= 11 is 14.3. The van der Waals surface area contributed by atoms with Gasteiger partial charge in [-0.1, -0.05) is 59.6 Å². The van der Waals surface area contributed by atoms with E-state index in [2.05, 4.69) is 10.3 Å². The number of nitrogens with zero attached hydrogens (tertiary/aromatic N) is 4. The highest BCUT2D eigenvalue weighted by atomic mass is 35.5. The number of likely N-dealkylation sites (tertiary alicyclic amines) is 1. The van der Waals surface area contributed by atoms with Crippen molar-refractivity contribution in [2.24, 2.45) is 0 Å². The van der Waals surface area contributed by atoms with E-state index in [0.717, 1.165) is 53.9 Å². The molecule has 0 aliphatic carbocycles. The summed E-state index contributed by atoms with van der Waals surface area (Å²) in [5.41, 5.74) is 5.25. The molecule has 2 fully saturated rings. The first-order chi connectivity index (χ1) is 26.9. The monoisotopic (exact) mass is 803 g/mol. The van der Waals surface area contributed by atoms with Crippen LogP contribution >= 0.6 is 23.2 Å². The summed E-state index contributed by atoms with van der Waals surface area (Å²) in [5, 5.41) is 4.52. The molecule has 4 aromatic rings. The number of rotatable bonds is 11. The van der Waals surface area contributed by atoms with Crippen molar-refractivity contribution in [3.05, 3.63) is 82.0 Å². The molecule has 2 aliphatic rings. The van der Waals surface area contributed by atoms with E-state index in [1.807, 2.05) is 80.3 Å². The van der Waals surface area contributed by atoms with Gasteiger partial charge in [0.25, 0.3) is 0 Å². The van der Waals surface area contributed by atoms with Crippen molar-refractivity contribution in [1.29, 1.82) is 0 Å². The Morgan fingerprint density at radius 2 is 1.61 bits per heavy atom. The van der Waals surface area contributed by atoms with E-state index in [-0.39, 0.29) is 18.5 Å². The standard InChI is InChI=1S/C43H51Cl2N5O6/c1-27(51)49-20-15-32(16-21-49)50(42(52)56-43(2,3)4)26-30-11-10-28(24-37(30)53-5)40-39(45)34(14-19-46-40)33-8-7-9-35(38(33)44)36-13-12-29(41(48-36)54-6)25-47-31-17-22-55-23-18-31/h7-14,19,24,31-32,47H,15-18,20-23,25-26H2,1-6H3. The van der Waals surface area contributed by atoms with Crippen molar-refractivity contribution in [1.82, 2.24) is 25.1 Å². The smallest absolute Gasteiger partial charge is 0.410 e.